The van der Waals surface area contributed by atoms with E-state index in [4.69, 9.17) is 0 Å². The van der Waals surface area contributed by atoms with Crippen LogP contribution in [0.25, 0.3) is 28.1 Å². The summed E-state index contributed by atoms with van der Waals surface area (Å²) < 4.78 is 3.51. The Morgan fingerprint density at radius 2 is 2.00 bits per heavy atom. The molecule has 20 heavy (non-hydrogen) atoms. The molecule has 6 nitrogen and oxygen atoms in total. The van der Waals surface area contributed by atoms with Gasteiger partial charge >= 0.3 is 0 Å². The largest absolute Gasteiger partial charge is 0.318 e. The second kappa shape index (κ2) is 3.80. The van der Waals surface area contributed by atoms with E-state index in [1.165, 1.54) is 0 Å². The molecule has 4 rings (SSSR count). The van der Waals surface area contributed by atoms with Gasteiger partial charge in [0.15, 0.2) is 11.2 Å². The molecule has 0 aliphatic heterocycles. The minimum atomic E-state index is -0.201. The van der Waals surface area contributed by atoms with Gasteiger partial charge in [0.25, 0.3) is 5.56 Å². The van der Waals surface area contributed by atoms with Crippen LogP contribution in [0.15, 0.2) is 47.5 Å². The highest BCUT2D eigenvalue weighted by Crippen LogP contribution is 2.19. The third-order valence-corrected chi connectivity index (χ3v) is 3.34. The van der Waals surface area contributed by atoms with Gasteiger partial charge in [-0.25, -0.2) is 4.98 Å². The van der Waals surface area contributed by atoms with Crippen LogP contribution in [0, 0.1) is 0 Å². The Kier molecular flexibility index (Phi) is 2.09. The van der Waals surface area contributed by atoms with E-state index in [2.05, 4.69) is 15.1 Å². The number of rotatable bonds is 1. The van der Waals surface area contributed by atoms with Crippen molar-refractivity contribution in [2.75, 3.05) is 0 Å². The molecular weight excluding hydrogens is 254 g/mol. The molecule has 0 spiro atoms. The molecule has 0 aliphatic rings. The summed E-state index contributed by atoms with van der Waals surface area (Å²) in [6.45, 7) is 0. The number of H-pyrrole nitrogens is 1. The molecule has 0 saturated carbocycles. The van der Waals surface area contributed by atoms with E-state index in [9.17, 15) is 4.79 Å². The monoisotopic (exact) mass is 265 g/mol. The molecular formula is C14H11N5O. The van der Waals surface area contributed by atoms with E-state index in [0.717, 1.165) is 11.3 Å². The number of hydrogen-bond acceptors (Lipinski definition) is 3. The first-order chi connectivity index (χ1) is 9.74. The first kappa shape index (κ1) is 11.0. The van der Waals surface area contributed by atoms with Gasteiger partial charge in [-0.1, -0.05) is 30.3 Å². The molecule has 0 fully saturated rings. The van der Waals surface area contributed by atoms with Crippen molar-refractivity contribution < 1.29 is 0 Å². The summed E-state index contributed by atoms with van der Waals surface area (Å²) in [7, 11) is 1.85. The lowest BCUT2D eigenvalue weighted by Crippen LogP contribution is -2.10. The van der Waals surface area contributed by atoms with Crippen molar-refractivity contribution in [2.45, 2.75) is 0 Å². The minimum absolute atomic E-state index is 0.201. The quantitative estimate of drug-likeness (QED) is 0.568. The normalized spacial score (nSPS) is 11.4. The van der Waals surface area contributed by atoms with E-state index in [-0.39, 0.29) is 5.56 Å². The lowest BCUT2D eigenvalue weighted by molar-refractivity contribution is 0.875. The lowest BCUT2D eigenvalue weighted by atomic mass is 10.2. The van der Waals surface area contributed by atoms with Crippen LogP contribution in [0.2, 0.25) is 0 Å². The predicted octanol–water partition coefficient (Wildman–Crippen LogP) is 1.58. The van der Waals surface area contributed by atoms with Gasteiger partial charge in [0.2, 0.25) is 0 Å². The van der Waals surface area contributed by atoms with Crippen LogP contribution >= 0.6 is 0 Å². The SMILES string of the molecule is Cn1cnc2c(=O)[nH]c3cc(-c4ccccc4)nn3c21. The lowest BCUT2D eigenvalue weighted by Gasteiger charge is -1.98. The fraction of sp³-hybridized carbons (Fsp3) is 0.0714. The standard InChI is InChI=1S/C14H11N5O/c1-18-8-15-12-13(20)16-11-7-10(17-19(11)14(12)18)9-5-3-2-4-6-9/h2-8H,1H3,(H,16,20). The molecule has 0 radical (unpaired) electrons. The molecule has 3 aromatic heterocycles. The molecule has 1 aromatic carbocycles. The van der Waals surface area contributed by atoms with Crippen LogP contribution in [0.1, 0.15) is 0 Å². The number of aryl methyl sites for hydroxylation is 1. The van der Waals surface area contributed by atoms with Crippen LogP contribution in [0.3, 0.4) is 0 Å². The molecule has 6 heteroatoms. The van der Waals surface area contributed by atoms with Gasteiger partial charge in [-0.2, -0.15) is 9.61 Å². The predicted molar refractivity (Wildman–Crippen MR) is 75.5 cm³/mol. The van der Waals surface area contributed by atoms with Crippen molar-refractivity contribution in [3.05, 3.63) is 53.1 Å². The third kappa shape index (κ3) is 1.41. The molecule has 3 heterocycles. The first-order valence-electron chi connectivity index (χ1n) is 6.22. The van der Waals surface area contributed by atoms with Crippen LogP contribution in [-0.2, 0) is 7.05 Å². The van der Waals surface area contributed by atoms with Gasteiger partial charge in [-0.05, 0) is 0 Å². The van der Waals surface area contributed by atoms with E-state index >= 15 is 0 Å². The fourth-order valence-corrected chi connectivity index (χ4v) is 2.39. The second-order valence-electron chi connectivity index (χ2n) is 4.67. The van der Waals surface area contributed by atoms with Gasteiger partial charge in [0, 0.05) is 18.7 Å². The minimum Gasteiger partial charge on any atom is -0.318 e. The van der Waals surface area contributed by atoms with Gasteiger partial charge in [-0.15, -0.1) is 0 Å². The Balaban J connectivity index is 2.12. The van der Waals surface area contributed by atoms with Crippen molar-refractivity contribution in [1.29, 1.82) is 0 Å². The van der Waals surface area contributed by atoms with Gasteiger partial charge in [0.05, 0.1) is 12.0 Å². The van der Waals surface area contributed by atoms with E-state index in [1.807, 2.05) is 43.4 Å². The van der Waals surface area contributed by atoms with Crippen LogP contribution < -0.4 is 5.56 Å². The highest BCUT2D eigenvalue weighted by atomic mass is 16.1. The molecule has 0 unspecified atom stereocenters. The molecule has 1 N–H and O–H groups in total. The van der Waals surface area contributed by atoms with Gasteiger partial charge < -0.3 is 9.55 Å². The topological polar surface area (TPSA) is 68.0 Å². The number of nitrogens with one attached hydrogen (secondary N) is 1. The number of fused-ring (bicyclic) bond motifs is 3. The first-order valence-corrected chi connectivity index (χ1v) is 6.22. The maximum Gasteiger partial charge on any atom is 0.279 e. The molecule has 0 saturated heterocycles. The Bertz CT molecular complexity index is 977. The molecule has 0 aliphatic carbocycles. The smallest absolute Gasteiger partial charge is 0.279 e. The van der Waals surface area contributed by atoms with Crippen molar-refractivity contribution in [3.63, 3.8) is 0 Å². The summed E-state index contributed by atoms with van der Waals surface area (Å²) in [5, 5.41) is 4.57. The zero-order chi connectivity index (χ0) is 13.7. The van der Waals surface area contributed by atoms with E-state index < -0.39 is 0 Å². The Hall–Kier alpha value is -2.89. The third-order valence-electron chi connectivity index (χ3n) is 3.34. The Morgan fingerprint density at radius 3 is 2.80 bits per heavy atom. The average molecular weight is 265 g/mol. The number of nitrogens with zero attached hydrogens (tertiary/aromatic N) is 4. The van der Waals surface area contributed by atoms with Gasteiger partial charge in [-0.3, -0.25) is 4.79 Å². The van der Waals surface area contributed by atoms with Crippen molar-refractivity contribution >= 4 is 16.8 Å². The van der Waals surface area contributed by atoms with E-state index in [1.54, 1.807) is 15.4 Å². The van der Waals surface area contributed by atoms with Crippen molar-refractivity contribution in [1.82, 2.24) is 24.1 Å². The summed E-state index contributed by atoms with van der Waals surface area (Å²) >= 11 is 0. The number of benzene rings is 1. The second-order valence-corrected chi connectivity index (χ2v) is 4.67. The van der Waals surface area contributed by atoms with Gasteiger partial charge in [0.1, 0.15) is 5.65 Å². The molecule has 98 valence electrons. The fourth-order valence-electron chi connectivity index (χ4n) is 2.39. The zero-order valence-corrected chi connectivity index (χ0v) is 10.7. The van der Waals surface area contributed by atoms with E-state index in [0.29, 0.717) is 16.8 Å². The number of aromatic nitrogens is 5. The van der Waals surface area contributed by atoms with Crippen LogP contribution in [0.4, 0.5) is 0 Å². The maximum absolute atomic E-state index is 12.0. The number of imidazole rings is 1. The van der Waals surface area contributed by atoms with Crippen molar-refractivity contribution in [2.24, 2.45) is 7.05 Å². The summed E-state index contributed by atoms with van der Waals surface area (Å²) in [6, 6.07) is 11.7. The highest BCUT2D eigenvalue weighted by Gasteiger charge is 2.12. The van der Waals surface area contributed by atoms with Crippen LogP contribution in [-0.4, -0.2) is 24.1 Å². The molecule has 4 aromatic rings. The Labute approximate surface area is 113 Å². The Morgan fingerprint density at radius 1 is 1.20 bits per heavy atom. The van der Waals surface area contributed by atoms with Crippen LogP contribution in [0.5, 0.6) is 0 Å². The van der Waals surface area contributed by atoms with Crippen molar-refractivity contribution in [3.8, 4) is 11.3 Å². The molecule has 0 bridgehead atoms. The maximum atomic E-state index is 12.0. The summed E-state index contributed by atoms with van der Waals surface area (Å²) in [5.74, 6) is 0. The average Bonchev–Trinajstić information content (AvgIpc) is 3.04. The number of hydrogen-bond donors (Lipinski definition) is 1. The number of aromatic amines is 1. The molecule has 0 atom stereocenters. The summed E-state index contributed by atoms with van der Waals surface area (Å²) in [6.07, 6.45) is 1.61. The summed E-state index contributed by atoms with van der Waals surface area (Å²) in [5.41, 5.74) is 3.36. The summed E-state index contributed by atoms with van der Waals surface area (Å²) in [4.78, 5) is 18.9. The molecule has 0 amide bonds. The highest BCUT2D eigenvalue weighted by molar-refractivity contribution is 5.75. The zero-order valence-electron chi connectivity index (χ0n) is 10.7.